The van der Waals surface area contributed by atoms with Crippen molar-refractivity contribution in [3.05, 3.63) is 12.7 Å². The van der Waals surface area contributed by atoms with Crippen LogP contribution in [0.15, 0.2) is 12.7 Å². The van der Waals surface area contributed by atoms with Crippen LogP contribution in [-0.2, 0) is 16.5 Å². The highest BCUT2D eigenvalue weighted by Crippen LogP contribution is 2.25. The number of hydrogen-bond donors (Lipinski definition) is 0. The Morgan fingerprint density at radius 3 is 1.68 bits per heavy atom. The summed E-state index contributed by atoms with van der Waals surface area (Å²) in [5.41, 5.74) is 0. The Bertz CT molecular complexity index is 364. The van der Waals surface area contributed by atoms with Crippen molar-refractivity contribution < 1.29 is 16.5 Å². The normalized spacial score (nSPS) is 17.9. The summed E-state index contributed by atoms with van der Waals surface area (Å²) >= 11 is 0. The van der Waals surface area contributed by atoms with E-state index in [0.29, 0.717) is 0 Å². The van der Waals surface area contributed by atoms with Crippen LogP contribution in [0.2, 0.25) is 71.5 Å². The minimum absolute atomic E-state index is 0.794. The van der Waals surface area contributed by atoms with E-state index in [-0.39, 0.29) is 0 Å². The molecule has 2 unspecified atom stereocenters. The van der Waals surface area contributed by atoms with Crippen LogP contribution >= 0.6 is 0 Å². The minimum Gasteiger partial charge on any atom is -0.439 e. The van der Waals surface area contributed by atoms with Gasteiger partial charge < -0.3 is 16.5 Å². The molecule has 0 aliphatic carbocycles. The van der Waals surface area contributed by atoms with Gasteiger partial charge in [0.15, 0.2) is 16.6 Å². The zero-order chi connectivity index (χ0) is 17.8. The highest BCUT2D eigenvalue weighted by molar-refractivity contribution is 6.88. The fourth-order valence-corrected chi connectivity index (χ4v) is 22.0. The number of hydrogen-bond acceptors (Lipinski definition) is 4. The molecule has 0 N–H and O–H groups in total. The summed E-state index contributed by atoms with van der Waals surface area (Å²) in [5.74, 6) is 0. The van der Waals surface area contributed by atoms with Gasteiger partial charge in [0, 0.05) is 6.04 Å². The average Bonchev–Trinajstić information content (AvgIpc) is 2.06. The quantitative estimate of drug-likeness (QED) is 0.401. The zero-order valence-corrected chi connectivity index (χ0v) is 21.4. The van der Waals surface area contributed by atoms with Crippen molar-refractivity contribution in [3.63, 3.8) is 0 Å². The molecule has 0 amide bonds. The third-order valence-electron chi connectivity index (χ3n) is 2.47. The molecule has 0 rings (SSSR count). The largest absolute Gasteiger partial charge is 0.439 e. The van der Waals surface area contributed by atoms with Gasteiger partial charge in [-0.2, -0.15) is 0 Å². The molecule has 0 spiro atoms. The Morgan fingerprint density at radius 1 is 0.818 bits per heavy atom. The first kappa shape index (κ1) is 22.7. The second kappa shape index (κ2) is 8.16. The van der Waals surface area contributed by atoms with E-state index in [9.17, 15) is 0 Å². The van der Waals surface area contributed by atoms with Gasteiger partial charge in [-0.1, -0.05) is 6.08 Å². The minimum atomic E-state index is -2.29. The maximum absolute atomic E-state index is 6.49. The van der Waals surface area contributed by atoms with Crippen LogP contribution < -0.4 is 0 Å². The molecule has 0 saturated heterocycles. The second-order valence-corrected chi connectivity index (χ2v) is 26.8. The van der Waals surface area contributed by atoms with Gasteiger partial charge in [-0.15, -0.1) is 6.58 Å². The van der Waals surface area contributed by atoms with Gasteiger partial charge in [-0.3, -0.25) is 0 Å². The lowest BCUT2D eigenvalue weighted by molar-refractivity contribution is 0.309. The Kier molecular flexibility index (Phi) is 8.41. The fourth-order valence-electron chi connectivity index (χ4n) is 2.48. The summed E-state index contributed by atoms with van der Waals surface area (Å²) in [6.45, 7) is 25.5. The summed E-state index contributed by atoms with van der Waals surface area (Å²) < 4.78 is 25.3. The van der Waals surface area contributed by atoms with Crippen molar-refractivity contribution in [2.75, 3.05) is 0 Å². The van der Waals surface area contributed by atoms with Crippen LogP contribution in [0, 0.1) is 0 Å². The fraction of sp³-hybridized carbons (Fsp3) is 0.846. The maximum Gasteiger partial charge on any atom is 0.319 e. The molecular formula is C13H36O4Si5. The Morgan fingerprint density at radius 2 is 1.32 bits per heavy atom. The van der Waals surface area contributed by atoms with Gasteiger partial charge in [0.1, 0.15) is 0 Å². The molecule has 0 bridgehead atoms. The molecular weight excluding hydrogens is 361 g/mol. The van der Waals surface area contributed by atoms with Crippen molar-refractivity contribution in [1.82, 2.24) is 0 Å². The molecule has 0 aromatic rings. The Balaban J connectivity index is 4.91. The molecule has 2 atom stereocenters. The van der Waals surface area contributed by atoms with Crippen molar-refractivity contribution in [2.45, 2.75) is 71.5 Å². The first-order valence-corrected chi connectivity index (χ1v) is 22.2. The molecule has 0 aromatic carbocycles. The van der Waals surface area contributed by atoms with Gasteiger partial charge in [0.25, 0.3) is 9.28 Å². The van der Waals surface area contributed by atoms with Crippen LogP contribution in [-0.4, -0.2) is 43.0 Å². The third-order valence-corrected chi connectivity index (χ3v) is 19.1. The average molecular weight is 397 g/mol. The molecule has 0 aromatic heterocycles. The molecule has 0 aliphatic heterocycles. The van der Waals surface area contributed by atoms with Crippen LogP contribution in [0.3, 0.4) is 0 Å². The Labute approximate surface area is 143 Å². The second-order valence-electron chi connectivity index (χ2n) is 8.26. The summed E-state index contributed by atoms with van der Waals surface area (Å²) in [5, 5.41) is 0. The van der Waals surface area contributed by atoms with Gasteiger partial charge in [0.05, 0.1) is 0 Å². The van der Waals surface area contributed by atoms with Gasteiger partial charge in [0.2, 0.25) is 0 Å². The third kappa shape index (κ3) is 11.2. The van der Waals surface area contributed by atoms with E-state index in [2.05, 4.69) is 72.0 Å². The van der Waals surface area contributed by atoms with Gasteiger partial charge in [-0.25, -0.2) is 0 Å². The lowest BCUT2D eigenvalue weighted by Crippen LogP contribution is -2.56. The van der Waals surface area contributed by atoms with Gasteiger partial charge in [-0.05, 0) is 65.5 Å². The smallest absolute Gasteiger partial charge is 0.319 e. The first-order chi connectivity index (χ1) is 9.58. The summed E-state index contributed by atoms with van der Waals surface area (Å²) in [6, 6.07) is 0.794. The summed E-state index contributed by atoms with van der Waals surface area (Å²) in [7, 11) is -9.44. The van der Waals surface area contributed by atoms with Gasteiger partial charge >= 0.3 is 17.1 Å². The first-order valence-electron chi connectivity index (χ1n) is 7.94. The molecule has 0 heterocycles. The van der Waals surface area contributed by atoms with E-state index in [1.165, 1.54) is 0 Å². The molecule has 0 saturated carbocycles. The van der Waals surface area contributed by atoms with Crippen molar-refractivity contribution in [2.24, 2.45) is 0 Å². The summed E-state index contributed by atoms with van der Waals surface area (Å²) in [4.78, 5) is 0. The lowest BCUT2D eigenvalue weighted by atomic mass is 10.8. The lowest BCUT2D eigenvalue weighted by Gasteiger charge is -2.40. The van der Waals surface area contributed by atoms with Crippen LogP contribution in [0.5, 0.6) is 0 Å². The van der Waals surface area contributed by atoms with E-state index in [0.717, 1.165) is 6.04 Å². The Hall–Kier alpha value is 0.664. The zero-order valence-electron chi connectivity index (χ0n) is 16.2. The standard InChI is InChI=1S/C13H36O4Si5/c1-12-13-22(11,16-20(6,7)8)17-21(9,10)15-18(2)14-19(3,4)5/h12,18H,1,13H2,2-11H3. The molecule has 0 aliphatic rings. The summed E-state index contributed by atoms with van der Waals surface area (Å²) in [6.07, 6.45) is 1.91. The molecule has 22 heavy (non-hydrogen) atoms. The predicted molar refractivity (Wildman–Crippen MR) is 108 cm³/mol. The molecule has 9 heteroatoms. The predicted octanol–water partition coefficient (Wildman–Crippen LogP) is 4.53. The van der Waals surface area contributed by atoms with Crippen LogP contribution in [0.1, 0.15) is 0 Å². The molecule has 0 fully saturated rings. The van der Waals surface area contributed by atoms with E-state index in [1.807, 2.05) is 6.08 Å². The van der Waals surface area contributed by atoms with E-state index >= 15 is 0 Å². The van der Waals surface area contributed by atoms with E-state index in [4.69, 9.17) is 16.5 Å². The van der Waals surface area contributed by atoms with E-state index < -0.39 is 43.0 Å². The molecule has 4 nitrogen and oxygen atoms in total. The monoisotopic (exact) mass is 396 g/mol. The molecule has 0 radical (unpaired) electrons. The number of allylic oxidation sites excluding steroid dienone is 1. The maximum atomic E-state index is 6.49. The topological polar surface area (TPSA) is 36.9 Å². The van der Waals surface area contributed by atoms with E-state index in [1.54, 1.807) is 0 Å². The highest BCUT2D eigenvalue weighted by atomic mass is 28.5. The van der Waals surface area contributed by atoms with Crippen molar-refractivity contribution >= 4 is 43.0 Å². The van der Waals surface area contributed by atoms with Crippen LogP contribution in [0.25, 0.3) is 0 Å². The molecule has 132 valence electrons. The SMILES string of the molecule is C=CC[Si](C)(O[Si](C)(C)C)O[Si](C)(C)O[SiH](C)O[Si](C)(C)C. The van der Waals surface area contributed by atoms with Crippen molar-refractivity contribution in [3.8, 4) is 0 Å². The number of rotatable bonds is 10. The van der Waals surface area contributed by atoms with Crippen LogP contribution in [0.4, 0.5) is 0 Å². The van der Waals surface area contributed by atoms with Crippen molar-refractivity contribution in [1.29, 1.82) is 0 Å². The highest BCUT2D eigenvalue weighted by Gasteiger charge is 2.43.